The maximum atomic E-state index is 12.9. The molecule has 0 bridgehead atoms. The van der Waals surface area contributed by atoms with E-state index in [4.69, 9.17) is 4.42 Å². The fraction of sp³-hybridized carbons (Fsp3) is 0.269. The van der Waals surface area contributed by atoms with E-state index in [9.17, 15) is 4.79 Å². The van der Waals surface area contributed by atoms with E-state index in [1.54, 1.807) is 6.21 Å². The van der Waals surface area contributed by atoms with E-state index in [1.807, 2.05) is 41.8 Å². The molecule has 5 nitrogen and oxygen atoms in total. The van der Waals surface area contributed by atoms with Gasteiger partial charge in [-0.25, -0.2) is 4.79 Å². The summed E-state index contributed by atoms with van der Waals surface area (Å²) in [5.41, 5.74) is 3.88. The van der Waals surface area contributed by atoms with Crippen LogP contribution in [0.2, 0.25) is 0 Å². The van der Waals surface area contributed by atoms with Gasteiger partial charge < -0.3 is 8.98 Å². The first-order valence-corrected chi connectivity index (χ1v) is 12.8. The minimum absolute atomic E-state index is 0.297. The Morgan fingerprint density at radius 2 is 1.88 bits per heavy atom. The van der Waals surface area contributed by atoms with Crippen molar-refractivity contribution in [2.24, 2.45) is 10.2 Å². The summed E-state index contributed by atoms with van der Waals surface area (Å²) in [5, 5.41) is 11.8. The van der Waals surface area contributed by atoms with E-state index in [-0.39, 0.29) is 5.63 Å². The largest absolute Gasteiger partial charge is 0.422 e. The van der Waals surface area contributed by atoms with Crippen LogP contribution in [0.5, 0.6) is 0 Å². The highest BCUT2D eigenvalue weighted by Gasteiger charge is 2.22. The van der Waals surface area contributed by atoms with Crippen LogP contribution in [0.1, 0.15) is 49.3 Å². The molecule has 2 heterocycles. The Kier molecular flexibility index (Phi) is 6.42. The maximum absolute atomic E-state index is 12.9. The zero-order valence-electron chi connectivity index (χ0n) is 18.3. The van der Waals surface area contributed by atoms with E-state index in [0.717, 1.165) is 38.8 Å². The molecule has 0 amide bonds. The monoisotopic (exact) mass is 521 g/mol. The highest BCUT2D eigenvalue weighted by Crippen LogP contribution is 2.32. The highest BCUT2D eigenvalue weighted by molar-refractivity contribution is 9.10. The van der Waals surface area contributed by atoms with Gasteiger partial charge in [-0.15, -0.1) is 16.4 Å². The van der Waals surface area contributed by atoms with Crippen LogP contribution in [0, 0.1) is 6.92 Å². The Labute approximate surface area is 204 Å². The molecule has 1 aliphatic rings. The minimum Gasteiger partial charge on any atom is -0.422 e. The average Bonchev–Trinajstić information content (AvgIpc) is 3.24. The van der Waals surface area contributed by atoms with Gasteiger partial charge in [0.1, 0.15) is 5.58 Å². The number of nitrogens with zero attached hydrogens (tertiary/aromatic N) is 3. The van der Waals surface area contributed by atoms with Crippen molar-refractivity contribution in [2.75, 3.05) is 0 Å². The first kappa shape index (κ1) is 22.0. The van der Waals surface area contributed by atoms with E-state index in [0.29, 0.717) is 17.2 Å². The van der Waals surface area contributed by atoms with E-state index in [2.05, 4.69) is 49.8 Å². The molecule has 0 N–H and O–H groups in total. The third kappa shape index (κ3) is 4.80. The van der Waals surface area contributed by atoms with Crippen molar-refractivity contribution in [3.63, 3.8) is 0 Å². The molecule has 7 heteroatoms. The summed E-state index contributed by atoms with van der Waals surface area (Å²) < 4.78 is 8.80. The average molecular weight is 522 g/mol. The van der Waals surface area contributed by atoms with Gasteiger partial charge in [0, 0.05) is 21.3 Å². The second-order valence-corrected chi connectivity index (χ2v) is 10.2. The lowest BCUT2D eigenvalue weighted by Gasteiger charge is -2.24. The van der Waals surface area contributed by atoms with Crippen molar-refractivity contribution >= 4 is 44.5 Å². The molecule has 2 aromatic heterocycles. The van der Waals surface area contributed by atoms with Gasteiger partial charge in [0.15, 0.2) is 0 Å². The van der Waals surface area contributed by atoms with Crippen LogP contribution in [0.3, 0.4) is 0 Å². The topological polar surface area (TPSA) is 59.9 Å². The summed E-state index contributed by atoms with van der Waals surface area (Å²) >= 11 is 5.02. The number of thiazole rings is 1. The smallest absolute Gasteiger partial charge is 0.345 e. The molecule has 1 saturated carbocycles. The lowest BCUT2D eigenvalue weighted by Crippen LogP contribution is -2.24. The molecule has 0 unspecified atom stereocenters. The van der Waals surface area contributed by atoms with Gasteiger partial charge in [-0.3, -0.25) is 0 Å². The number of hydrogen-bond acceptors (Lipinski definition) is 5. The van der Waals surface area contributed by atoms with Gasteiger partial charge >= 0.3 is 5.63 Å². The predicted molar refractivity (Wildman–Crippen MR) is 138 cm³/mol. The Balaban J connectivity index is 1.61. The normalized spacial score (nSPS) is 15.6. The number of aromatic nitrogens is 1. The molecule has 4 aromatic rings. The molecule has 33 heavy (non-hydrogen) atoms. The molecule has 1 aliphatic carbocycles. The summed E-state index contributed by atoms with van der Waals surface area (Å²) in [7, 11) is 0. The van der Waals surface area contributed by atoms with Crippen LogP contribution < -0.4 is 10.4 Å². The van der Waals surface area contributed by atoms with Gasteiger partial charge in [-0.2, -0.15) is 5.10 Å². The third-order valence-electron chi connectivity index (χ3n) is 6.08. The quantitative estimate of drug-likeness (QED) is 0.168. The van der Waals surface area contributed by atoms with Crippen molar-refractivity contribution in [2.45, 2.75) is 45.1 Å². The Hall–Kier alpha value is -2.77. The number of halogens is 1. The summed E-state index contributed by atoms with van der Waals surface area (Å²) in [4.78, 5) is 13.7. The van der Waals surface area contributed by atoms with Crippen LogP contribution in [0.25, 0.3) is 22.2 Å². The van der Waals surface area contributed by atoms with Crippen molar-refractivity contribution < 1.29 is 4.42 Å². The number of benzene rings is 2. The van der Waals surface area contributed by atoms with Gasteiger partial charge in [0.2, 0.25) is 4.80 Å². The van der Waals surface area contributed by atoms with Gasteiger partial charge in [-0.05, 0) is 49.6 Å². The van der Waals surface area contributed by atoms with Crippen LogP contribution in [-0.2, 0) is 0 Å². The SMILES string of the molecule is Cc1ccc(/C=N\N=c2/scc(-c3cc4cc(Br)ccc4oc3=O)n2C2CCCCC2)cc1. The second kappa shape index (κ2) is 9.61. The zero-order valence-corrected chi connectivity index (χ0v) is 20.7. The predicted octanol–water partition coefficient (Wildman–Crippen LogP) is 6.83. The van der Waals surface area contributed by atoms with Gasteiger partial charge in [0.05, 0.1) is 17.5 Å². The summed E-state index contributed by atoms with van der Waals surface area (Å²) in [6.45, 7) is 2.06. The molecule has 0 saturated heterocycles. The van der Waals surface area contributed by atoms with E-state index < -0.39 is 0 Å². The Bertz CT molecular complexity index is 1440. The van der Waals surface area contributed by atoms with Crippen molar-refractivity contribution in [1.82, 2.24) is 4.57 Å². The van der Waals surface area contributed by atoms with Crippen molar-refractivity contribution in [1.29, 1.82) is 0 Å². The lowest BCUT2D eigenvalue weighted by molar-refractivity contribution is 0.350. The van der Waals surface area contributed by atoms with Crippen molar-refractivity contribution in [3.8, 4) is 11.3 Å². The molecule has 0 atom stereocenters. The molecular weight excluding hydrogens is 498 g/mol. The Morgan fingerprint density at radius 1 is 1.09 bits per heavy atom. The third-order valence-corrected chi connectivity index (χ3v) is 7.40. The van der Waals surface area contributed by atoms with Gasteiger partial charge in [-0.1, -0.05) is 65.0 Å². The summed E-state index contributed by atoms with van der Waals surface area (Å²) in [6, 6.07) is 16.1. The van der Waals surface area contributed by atoms with E-state index in [1.165, 1.54) is 36.2 Å². The lowest BCUT2D eigenvalue weighted by atomic mass is 9.95. The number of aryl methyl sites for hydroxylation is 1. The fourth-order valence-electron chi connectivity index (χ4n) is 4.35. The molecule has 1 fully saturated rings. The second-order valence-electron chi connectivity index (χ2n) is 8.45. The summed E-state index contributed by atoms with van der Waals surface area (Å²) in [6.07, 6.45) is 7.52. The molecule has 168 valence electrons. The van der Waals surface area contributed by atoms with Crippen LogP contribution in [-0.4, -0.2) is 10.8 Å². The standard InChI is InChI=1S/C26H24BrN3O2S/c1-17-7-9-18(10-8-17)15-28-29-26-30(21-5-3-2-4-6-21)23(16-33-26)22-14-19-13-20(27)11-12-24(19)32-25(22)31/h7-16,21H,2-6H2,1H3/b28-15-,29-26-. The Morgan fingerprint density at radius 3 is 2.67 bits per heavy atom. The van der Waals surface area contributed by atoms with Crippen LogP contribution in [0.4, 0.5) is 0 Å². The molecule has 2 aromatic carbocycles. The first-order valence-electron chi connectivity index (χ1n) is 11.2. The number of fused-ring (bicyclic) bond motifs is 1. The minimum atomic E-state index is -0.332. The molecular formula is C26H24BrN3O2S. The van der Waals surface area contributed by atoms with E-state index >= 15 is 0 Å². The van der Waals surface area contributed by atoms with Crippen LogP contribution in [0.15, 0.2) is 77.8 Å². The number of hydrogen-bond donors (Lipinski definition) is 0. The molecule has 0 aliphatic heterocycles. The maximum Gasteiger partial charge on any atom is 0.345 e. The molecule has 0 radical (unpaired) electrons. The molecule has 5 rings (SSSR count). The van der Waals surface area contributed by atoms with Gasteiger partial charge in [0.25, 0.3) is 0 Å². The van der Waals surface area contributed by atoms with Crippen LogP contribution >= 0.6 is 27.3 Å². The zero-order chi connectivity index (χ0) is 22.8. The summed E-state index contributed by atoms with van der Waals surface area (Å²) in [5.74, 6) is 0. The number of rotatable bonds is 4. The fourth-order valence-corrected chi connectivity index (χ4v) is 5.64. The highest BCUT2D eigenvalue weighted by atomic mass is 79.9. The molecule has 0 spiro atoms. The first-order chi connectivity index (χ1) is 16.1. The van der Waals surface area contributed by atoms with Crippen molar-refractivity contribution in [3.05, 3.63) is 84.7 Å².